The number of nitrogens with zero attached hydrogens (tertiary/aromatic N) is 3. The molecule has 2 aromatic rings. The highest BCUT2D eigenvalue weighted by atomic mass is 79.9. The third kappa shape index (κ3) is 3.89. The lowest BCUT2D eigenvalue weighted by atomic mass is 10.2. The Balaban J connectivity index is 2.24. The first-order valence-electron chi connectivity index (χ1n) is 6.28. The first kappa shape index (κ1) is 15.2. The van der Waals surface area contributed by atoms with Crippen LogP contribution in [0.15, 0.2) is 28.9 Å². The second-order valence-corrected chi connectivity index (χ2v) is 4.99. The van der Waals surface area contributed by atoms with Crippen molar-refractivity contribution in [2.45, 2.75) is 13.3 Å². The van der Waals surface area contributed by atoms with Crippen LogP contribution in [0, 0.1) is 17.1 Å². The molecule has 0 bridgehead atoms. The van der Waals surface area contributed by atoms with Gasteiger partial charge < -0.3 is 10.1 Å². The van der Waals surface area contributed by atoms with Gasteiger partial charge in [0.2, 0.25) is 11.8 Å². The molecular weight excluding hydrogens is 339 g/mol. The number of benzene rings is 1. The molecule has 1 aromatic heterocycles. The summed E-state index contributed by atoms with van der Waals surface area (Å²) < 4.78 is 19.8. The minimum atomic E-state index is -0.623. The van der Waals surface area contributed by atoms with E-state index in [0.29, 0.717) is 10.4 Å². The molecule has 0 amide bonds. The van der Waals surface area contributed by atoms with Crippen molar-refractivity contribution in [1.29, 1.82) is 5.26 Å². The first-order chi connectivity index (χ1) is 10.1. The van der Waals surface area contributed by atoms with Crippen LogP contribution in [0.5, 0.6) is 11.6 Å². The molecule has 0 unspecified atom stereocenters. The van der Waals surface area contributed by atoms with Crippen molar-refractivity contribution in [3.05, 3.63) is 40.2 Å². The van der Waals surface area contributed by atoms with Crippen molar-refractivity contribution in [2.75, 3.05) is 11.9 Å². The van der Waals surface area contributed by atoms with E-state index >= 15 is 0 Å². The molecule has 1 aromatic carbocycles. The van der Waals surface area contributed by atoms with E-state index in [1.807, 2.05) is 13.0 Å². The third-order valence-corrected chi connectivity index (χ3v) is 3.06. The van der Waals surface area contributed by atoms with Crippen LogP contribution in [0.2, 0.25) is 0 Å². The van der Waals surface area contributed by atoms with Gasteiger partial charge in [-0.1, -0.05) is 6.92 Å². The van der Waals surface area contributed by atoms with E-state index in [-0.39, 0.29) is 17.2 Å². The summed E-state index contributed by atoms with van der Waals surface area (Å²) in [7, 11) is 0. The van der Waals surface area contributed by atoms with Crippen LogP contribution < -0.4 is 10.1 Å². The van der Waals surface area contributed by atoms with Gasteiger partial charge >= 0.3 is 0 Å². The summed E-state index contributed by atoms with van der Waals surface area (Å²) in [5.41, 5.74) is 0.229. The van der Waals surface area contributed by atoms with Crippen molar-refractivity contribution >= 4 is 21.9 Å². The predicted molar refractivity (Wildman–Crippen MR) is 79.7 cm³/mol. The molecule has 0 atom stereocenters. The second-order valence-electron chi connectivity index (χ2n) is 4.13. The molecule has 0 saturated carbocycles. The Labute approximate surface area is 129 Å². The zero-order valence-electron chi connectivity index (χ0n) is 11.2. The van der Waals surface area contributed by atoms with Gasteiger partial charge in [-0.25, -0.2) is 9.37 Å². The highest BCUT2D eigenvalue weighted by Crippen LogP contribution is 2.29. The fourth-order valence-electron chi connectivity index (χ4n) is 1.50. The normalized spacial score (nSPS) is 10.0. The highest BCUT2D eigenvalue weighted by Gasteiger charge is 2.11. The number of nitriles is 1. The number of halogens is 2. The van der Waals surface area contributed by atoms with Crippen LogP contribution in [0.1, 0.15) is 18.9 Å². The molecular formula is C14H12BrFN4O. The SMILES string of the molecule is CCCNc1ncc(Br)c(Oc2ccc(C#N)cc2F)n1. The summed E-state index contributed by atoms with van der Waals surface area (Å²) >= 11 is 3.26. The molecule has 0 fully saturated rings. The quantitative estimate of drug-likeness (QED) is 0.886. The molecule has 7 heteroatoms. The fraction of sp³-hybridized carbons (Fsp3) is 0.214. The van der Waals surface area contributed by atoms with Crippen LogP contribution in [0.3, 0.4) is 0 Å². The monoisotopic (exact) mass is 350 g/mol. The van der Waals surface area contributed by atoms with Crippen molar-refractivity contribution in [1.82, 2.24) is 9.97 Å². The smallest absolute Gasteiger partial charge is 0.238 e. The van der Waals surface area contributed by atoms with Crippen LogP contribution in [-0.2, 0) is 0 Å². The van der Waals surface area contributed by atoms with Gasteiger partial charge in [-0.3, -0.25) is 0 Å². The molecule has 0 spiro atoms. The first-order valence-corrected chi connectivity index (χ1v) is 7.07. The number of nitrogens with one attached hydrogen (secondary N) is 1. The molecule has 0 aliphatic carbocycles. The van der Waals surface area contributed by atoms with Crippen LogP contribution >= 0.6 is 15.9 Å². The van der Waals surface area contributed by atoms with E-state index in [4.69, 9.17) is 10.00 Å². The molecule has 2 rings (SSSR count). The summed E-state index contributed by atoms with van der Waals surface area (Å²) in [6.45, 7) is 2.75. The van der Waals surface area contributed by atoms with E-state index in [1.165, 1.54) is 18.3 Å². The Hall–Kier alpha value is -2.20. The van der Waals surface area contributed by atoms with Crippen LogP contribution in [0.25, 0.3) is 0 Å². The largest absolute Gasteiger partial charge is 0.435 e. The molecule has 21 heavy (non-hydrogen) atoms. The van der Waals surface area contributed by atoms with Gasteiger partial charge in [0, 0.05) is 6.54 Å². The van der Waals surface area contributed by atoms with E-state index in [9.17, 15) is 4.39 Å². The Bertz CT molecular complexity index is 687. The number of anilines is 1. The molecule has 0 saturated heterocycles. The van der Waals surface area contributed by atoms with Crippen LogP contribution in [0.4, 0.5) is 10.3 Å². The summed E-state index contributed by atoms with van der Waals surface area (Å²) in [6, 6.07) is 5.84. The van der Waals surface area contributed by atoms with Gasteiger partial charge in [0.25, 0.3) is 0 Å². The van der Waals surface area contributed by atoms with Crippen LogP contribution in [-0.4, -0.2) is 16.5 Å². The molecule has 0 radical (unpaired) electrons. The Morgan fingerprint density at radius 1 is 1.48 bits per heavy atom. The average molecular weight is 351 g/mol. The average Bonchev–Trinajstić information content (AvgIpc) is 2.49. The summed E-state index contributed by atoms with van der Waals surface area (Å²) in [6.07, 6.45) is 2.46. The molecule has 1 heterocycles. The molecule has 0 aliphatic rings. The second kappa shape index (κ2) is 6.99. The van der Waals surface area contributed by atoms with Gasteiger partial charge in [-0.05, 0) is 40.5 Å². The molecule has 0 aliphatic heterocycles. The Kier molecular flexibility index (Phi) is 5.06. The predicted octanol–water partition coefficient (Wildman–Crippen LogP) is 3.86. The summed E-state index contributed by atoms with van der Waals surface area (Å²) in [4.78, 5) is 8.25. The van der Waals surface area contributed by atoms with E-state index < -0.39 is 5.82 Å². The van der Waals surface area contributed by atoms with E-state index in [1.54, 1.807) is 0 Å². The topological polar surface area (TPSA) is 70.8 Å². The van der Waals surface area contributed by atoms with Crippen molar-refractivity contribution in [3.8, 4) is 17.7 Å². The standard InChI is InChI=1S/C14H12BrFN4O/c1-2-5-18-14-19-8-10(15)13(20-14)21-12-4-3-9(7-17)6-11(12)16/h3-4,6,8H,2,5H2,1H3,(H,18,19,20). The van der Waals surface area contributed by atoms with Gasteiger partial charge in [-0.15, -0.1) is 0 Å². The fourth-order valence-corrected chi connectivity index (χ4v) is 1.77. The summed E-state index contributed by atoms with van der Waals surface area (Å²) in [5.74, 6) is -0.0196. The van der Waals surface area contributed by atoms with Gasteiger partial charge in [0.05, 0.1) is 22.3 Å². The Morgan fingerprint density at radius 2 is 2.29 bits per heavy atom. The Morgan fingerprint density at radius 3 is 2.95 bits per heavy atom. The lowest BCUT2D eigenvalue weighted by molar-refractivity contribution is 0.424. The zero-order chi connectivity index (χ0) is 15.2. The maximum absolute atomic E-state index is 13.8. The number of ether oxygens (including phenoxy) is 1. The van der Waals surface area contributed by atoms with Gasteiger partial charge in [0.1, 0.15) is 0 Å². The van der Waals surface area contributed by atoms with Crippen molar-refractivity contribution < 1.29 is 9.13 Å². The minimum absolute atomic E-state index is 0.00478. The number of rotatable bonds is 5. The molecule has 5 nitrogen and oxygen atoms in total. The van der Waals surface area contributed by atoms with Crippen molar-refractivity contribution in [3.63, 3.8) is 0 Å². The number of hydrogen-bond acceptors (Lipinski definition) is 5. The molecule has 108 valence electrons. The summed E-state index contributed by atoms with van der Waals surface area (Å²) in [5, 5.41) is 11.7. The van der Waals surface area contributed by atoms with Gasteiger partial charge in [-0.2, -0.15) is 10.2 Å². The minimum Gasteiger partial charge on any atom is -0.435 e. The van der Waals surface area contributed by atoms with E-state index in [0.717, 1.165) is 19.0 Å². The lowest BCUT2D eigenvalue weighted by Crippen LogP contribution is -2.05. The highest BCUT2D eigenvalue weighted by molar-refractivity contribution is 9.10. The zero-order valence-corrected chi connectivity index (χ0v) is 12.8. The number of aromatic nitrogens is 2. The van der Waals surface area contributed by atoms with Crippen molar-refractivity contribution in [2.24, 2.45) is 0 Å². The van der Waals surface area contributed by atoms with Gasteiger partial charge in [0.15, 0.2) is 11.6 Å². The maximum Gasteiger partial charge on any atom is 0.238 e. The van der Waals surface area contributed by atoms with E-state index in [2.05, 4.69) is 31.2 Å². The lowest BCUT2D eigenvalue weighted by Gasteiger charge is -2.09. The number of hydrogen-bond donors (Lipinski definition) is 1. The third-order valence-electron chi connectivity index (χ3n) is 2.51. The molecule has 1 N–H and O–H groups in total. The maximum atomic E-state index is 13.8.